The monoisotopic (exact) mass is 640 g/mol. The maximum absolute atomic E-state index is 14.9. The molecule has 8 heteroatoms. The lowest BCUT2D eigenvalue weighted by atomic mass is 9.59. The SMILES string of the molecule is CCCCCCC/C=C/C=C/C(=O)O[C@@]12C[C@@H](C)C34C=C(C)[C@H](OC(=O)C(C)C(C)C)[C@@]3(O)[C@H](O)C(CO)=C[C@H](C4=O)[C@@H]1C2(C)C. The van der Waals surface area contributed by atoms with Crippen molar-refractivity contribution in [1.29, 1.82) is 0 Å². The maximum atomic E-state index is 14.9. The van der Waals surface area contributed by atoms with Gasteiger partial charge in [0.1, 0.15) is 11.7 Å². The van der Waals surface area contributed by atoms with Gasteiger partial charge < -0.3 is 24.8 Å². The molecule has 2 fully saturated rings. The topological polar surface area (TPSA) is 130 Å². The third-order valence-corrected chi connectivity index (χ3v) is 11.9. The Morgan fingerprint density at radius 2 is 1.78 bits per heavy atom. The number of aliphatic hydroxyl groups excluding tert-OH is 2. The fourth-order valence-electron chi connectivity index (χ4n) is 8.78. The molecule has 2 bridgehead atoms. The predicted octanol–water partition coefficient (Wildman–Crippen LogP) is 5.80. The van der Waals surface area contributed by atoms with Crippen LogP contribution in [0, 0.1) is 40.4 Å². The summed E-state index contributed by atoms with van der Waals surface area (Å²) in [5.74, 6) is -3.81. The van der Waals surface area contributed by atoms with Crippen molar-refractivity contribution in [3.8, 4) is 0 Å². The molecule has 4 rings (SSSR count). The van der Waals surface area contributed by atoms with Gasteiger partial charge in [0.05, 0.1) is 17.9 Å². The smallest absolute Gasteiger partial charge is 0.331 e. The molecule has 0 aromatic carbocycles. The van der Waals surface area contributed by atoms with E-state index in [1.807, 2.05) is 46.8 Å². The predicted molar refractivity (Wildman–Crippen MR) is 176 cm³/mol. The Morgan fingerprint density at radius 3 is 2.41 bits per heavy atom. The number of carbonyl (C=O) groups excluding carboxylic acids is 3. The van der Waals surface area contributed by atoms with Crippen LogP contribution in [0.1, 0.15) is 100 Å². The summed E-state index contributed by atoms with van der Waals surface area (Å²) in [5, 5.41) is 34.9. The van der Waals surface area contributed by atoms with Crippen LogP contribution in [0.25, 0.3) is 0 Å². The minimum atomic E-state index is -2.27. The van der Waals surface area contributed by atoms with E-state index in [4.69, 9.17) is 9.47 Å². The number of allylic oxidation sites excluding steroid dienone is 4. The second-order valence-electron chi connectivity index (χ2n) is 15.2. The summed E-state index contributed by atoms with van der Waals surface area (Å²) in [6.45, 7) is 14.6. The Hall–Kier alpha value is -2.55. The fourth-order valence-corrected chi connectivity index (χ4v) is 8.78. The normalized spacial score (nSPS) is 36.9. The van der Waals surface area contributed by atoms with E-state index in [2.05, 4.69) is 6.92 Å². The Bertz CT molecular complexity index is 1310. The zero-order chi connectivity index (χ0) is 34.2. The van der Waals surface area contributed by atoms with Crippen molar-refractivity contribution in [3.05, 3.63) is 47.6 Å². The average molecular weight is 641 g/mol. The molecule has 0 aromatic rings. The number of carbonyl (C=O) groups is 3. The summed E-state index contributed by atoms with van der Waals surface area (Å²) in [7, 11) is 0. The molecule has 2 saturated carbocycles. The molecule has 8 nitrogen and oxygen atoms in total. The molecule has 0 radical (unpaired) electrons. The molecule has 0 amide bonds. The second-order valence-corrected chi connectivity index (χ2v) is 15.2. The number of rotatable bonds is 13. The largest absolute Gasteiger partial charge is 0.455 e. The zero-order valence-corrected chi connectivity index (χ0v) is 29.0. The van der Waals surface area contributed by atoms with Crippen LogP contribution in [-0.2, 0) is 23.9 Å². The van der Waals surface area contributed by atoms with Crippen molar-refractivity contribution in [2.75, 3.05) is 6.61 Å². The first-order chi connectivity index (χ1) is 21.6. The number of esters is 2. The number of fused-ring (bicyclic) bond motifs is 3. The van der Waals surface area contributed by atoms with Gasteiger partial charge in [-0.3, -0.25) is 9.59 Å². The van der Waals surface area contributed by atoms with Crippen LogP contribution in [0.3, 0.4) is 0 Å². The van der Waals surface area contributed by atoms with Crippen molar-refractivity contribution < 1.29 is 39.2 Å². The molecule has 9 atom stereocenters. The molecule has 4 aliphatic carbocycles. The molecule has 0 aromatic heterocycles. The molecule has 3 N–H and O–H groups in total. The highest BCUT2D eigenvalue weighted by Crippen LogP contribution is 2.75. The Kier molecular flexibility index (Phi) is 10.7. The lowest BCUT2D eigenvalue weighted by molar-refractivity contribution is -0.206. The van der Waals surface area contributed by atoms with Crippen LogP contribution in [0.2, 0.25) is 0 Å². The highest BCUT2D eigenvalue weighted by Gasteiger charge is 2.83. The van der Waals surface area contributed by atoms with Crippen LogP contribution in [-0.4, -0.2) is 63.1 Å². The highest BCUT2D eigenvalue weighted by molar-refractivity contribution is 5.96. The van der Waals surface area contributed by atoms with E-state index in [1.54, 1.807) is 32.1 Å². The average Bonchev–Trinajstić information content (AvgIpc) is 3.40. The molecule has 46 heavy (non-hydrogen) atoms. The summed E-state index contributed by atoms with van der Waals surface area (Å²) in [6.07, 6.45) is 14.4. The van der Waals surface area contributed by atoms with E-state index in [9.17, 15) is 29.7 Å². The van der Waals surface area contributed by atoms with Gasteiger partial charge in [-0.25, -0.2) is 4.79 Å². The van der Waals surface area contributed by atoms with Gasteiger partial charge in [0.25, 0.3) is 0 Å². The number of ketones is 1. The summed E-state index contributed by atoms with van der Waals surface area (Å²) < 4.78 is 12.2. The molecular formula is C38H56O8. The van der Waals surface area contributed by atoms with Crippen molar-refractivity contribution in [1.82, 2.24) is 0 Å². The van der Waals surface area contributed by atoms with E-state index >= 15 is 0 Å². The third kappa shape index (κ3) is 5.66. The standard InChI is InChI=1S/C38H56O8/c1-9-10-11-12-13-14-15-16-17-18-29(40)46-37-21-25(5)36-20-24(4)33(45-34(43)26(6)23(2)3)38(36,44)31(41)27(22-39)19-28(32(36)42)30(37)35(37,7)8/h15-20,23,25-26,28,30-31,33,39,41,44H,9-14,21-22H2,1-8H3/b16-15+,18-17+/t25-,26?,28+,30-,31-,33+,36?,37+,38+/m1/s1. The van der Waals surface area contributed by atoms with Crippen LogP contribution < -0.4 is 0 Å². The lowest BCUT2D eigenvalue weighted by Gasteiger charge is -2.49. The van der Waals surface area contributed by atoms with Gasteiger partial charge in [0, 0.05) is 23.3 Å². The number of unbranched alkanes of at least 4 members (excludes halogenated alkanes) is 5. The van der Waals surface area contributed by atoms with Crippen molar-refractivity contribution in [3.63, 3.8) is 0 Å². The number of Topliss-reactive ketones (excluding diaryl/α,β-unsaturated/α-hetero) is 1. The Morgan fingerprint density at radius 1 is 1.11 bits per heavy atom. The van der Waals surface area contributed by atoms with Crippen LogP contribution in [0.4, 0.5) is 0 Å². The maximum Gasteiger partial charge on any atom is 0.331 e. The van der Waals surface area contributed by atoms with Crippen molar-refractivity contribution in [2.45, 2.75) is 124 Å². The summed E-state index contributed by atoms with van der Waals surface area (Å²) in [4.78, 5) is 41.3. The van der Waals surface area contributed by atoms with Gasteiger partial charge in [-0.1, -0.05) is 105 Å². The molecule has 1 spiro atoms. The summed E-state index contributed by atoms with van der Waals surface area (Å²) >= 11 is 0. The van der Waals surface area contributed by atoms with E-state index in [-0.39, 0.29) is 23.7 Å². The quantitative estimate of drug-likeness (QED) is 0.0758. The van der Waals surface area contributed by atoms with Gasteiger partial charge >= 0.3 is 11.9 Å². The Labute approximate surface area is 275 Å². The number of aliphatic hydroxyl groups is 3. The number of hydrogen-bond acceptors (Lipinski definition) is 8. The van der Waals surface area contributed by atoms with Gasteiger partial charge in [0.15, 0.2) is 17.5 Å². The molecular weight excluding hydrogens is 584 g/mol. The van der Waals surface area contributed by atoms with Gasteiger partial charge in [-0.05, 0) is 49.2 Å². The molecule has 2 unspecified atom stereocenters. The van der Waals surface area contributed by atoms with Crippen LogP contribution in [0.15, 0.2) is 47.6 Å². The van der Waals surface area contributed by atoms with Crippen molar-refractivity contribution in [2.24, 2.45) is 40.4 Å². The zero-order valence-electron chi connectivity index (χ0n) is 29.0. The highest BCUT2D eigenvalue weighted by atomic mass is 16.6. The number of hydrogen-bond donors (Lipinski definition) is 3. The minimum absolute atomic E-state index is 0.0273. The van der Waals surface area contributed by atoms with Crippen LogP contribution >= 0.6 is 0 Å². The minimum Gasteiger partial charge on any atom is -0.455 e. The number of ether oxygens (including phenoxy) is 2. The molecule has 0 heterocycles. The molecule has 4 aliphatic rings. The van der Waals surface area contributed by atoms with Crippen LogP contribution in [0.5, 0.6) is 0 Å². The summed E-state index contributed by atoms with van der Waals surface area (Å²) in [5.41, 5.74) is -4.99. The third-order valence-electron chi connectivity index (χ3n) is 11.9. The van der Waals surface area contributed by atoms with Crippen molar-refractivity contribution >= 4 is 17.7 Å². The second kappa shape index (κ2) is 13.5. The van der Waals surface area contributed by atoms with E-state index < -0.39 is 76.5 Å². The first kappa shape index (κ1) is 36.3. The van der Waals surface area contributed by atoms with Gasteiger partial charge in [-0.2, -0.15) is 0 Å². The summed E-state index contributed by atoms with van der Waals surface area (Å²) in [6, 6.07) is 0. The molecule has 256 valence electrons. The van der Waals surface area contributed by atoms with E-state index in [0.29, 0.717) is 5.57 Å². The molecule has 0 aliphatic heterocycles. The van der Waals surface area contributed by atoms with Gasteiger partial charge in [-0.15, -0.1) is 0 Å². The fraction of sp³-hybridized carbons (Fsp3) is 0.711. The molecule has 0 saturated heterocycles. The Balaban J connectivity index is 1.66. The first-order valence-corrected chi connectivity index (χ1v) is 17.3. The lowest BCUT2D eigenvalue weighted by Crippen LogP contribution is -2.66. The van der Waals surface area contributed by atoms with E-state index in [0.717, 1.165) is 12.8 Å². The first-order valence-electron chi connectivity index (χ1n) is 17.3. The van der Waals surface area contributed by atoms with E-state index in [1.165, 1.54) is 31.8 Å². The van der Waals surface area contributed by atoms with Gasteiger partial charge in [0.2, 0.25) is 0 Å².